The molecule has 2 N–H and O–H groups in total. The van der Waals surface area contributed by atoms with E-state index in [1.807, 2.05) is 65.7 Å². The summed E-state index contributed by atoms with van der Waals surface area (Å²) in [6.45, 7) is 2.91. The molecule has 3 fully saturated rings. The number of para-hydroxylation sites is 1. The van der Waals surface area contributed by atoms with Crippen LogP contribution in [0.4, 0.5) is 22.0 Å². The number of piperidine rings is 2. The third-order valence-corrected chi connectivity index (χ3v) is 12.4. The van der Waals surface area contributed by atoms with Gasteiger partial charge in [-0.05, 0) is 74.1 Å². The van der Waals surface area contributed by atoms with E-state index in [2.05, 4.69) is 15.0 Å². The SMILES string of the molecule is COCC1CCN(c2cc(C(=O)NS(=O)(=O)C3CCN(C(=O)OCc4ccccc4)CC3)nc3c2C(C2CCC2)NN3c2ccccc2)CC1. The summed E-state index contributed by atoms with van der Waals surface area (Å²) < 4.78 is 40.5. The van der Waals surface area contributed by atoms with Crippen molar-refractivity contribution in [2.45, 2.75) is 62.8 Å². The zero-order valence-corrected chi connectivity index (χ0v) is 29.3. The minimum absolute atomic E-state index is 0.0311. The number of ether oxygens (including phenoxy) is 2. The molecule has 13 heteroatoms. The summed E-state index contributed by atoms with van der Waals surface area (Å²) in [5, 5.41) is 1.13. The number of anilines is 3. The number of nitrogens with one attached hydrogen (secondary N) is 2. The van der Waals surface area contributed by atoms with E-state index in [1.165, 1.54) is 11.3 Å². The van der Waals surface area contributed by atoms with Crippen molar-refractivity contribution in [3.63, 3.8) is 0 Å². The molecule has 1 aromatic heterocycles. The minimum Gasteiger partial charge on any atom is -0.445 e. The molecular formula is C37H46N6O6S. The topological polar surface area (TPSA) is 133 Å². The molecule has 2 amide bonds. The van der Waals surface area contributed by atoms with Crippen LogP contribution in [-0.4, -0.2) is 75.4 Å². The first-order valence-corrected chi connectivity index (χ1v) is 19.3. The summed E-state index contributed by atoms with van der Waals surface area (Å²) in [5.41, 5.74) is 7.53. The average Bonchev–Trinajstić information content (AvgIpc) is 3.49. The third kappa shape index (κ3) is 7.31. The number of hydrogen-bond donors (Lipinski definition) is 2. The lowest BCUT2D eigenvalue weighted by Gasteiger charge is -2.37. The molecule has 1 atom stereocenters. The van der Waals surface area contributed by atoms with Crippen LogP contribution in [0.25, 0.3) is 0 Å². The minimum atomic E-state index is -4.06. The molecule has 3 aromatic rings. The number of hydrazine groups is 1. The largest absolute Gasteiger partial charge is 0.445 e. The Morgan fingerprint density at radius 1 is 0.920 bits per heavy atom. The highest BCUT2D eigenvalue weighted by Gasteiger charge is 2.42. The van der Waals surface area contributed by atoms with Gasteiger partial charge >= 0.3 is 6.09 Å². The van der Waals surface area contributed by atoms with E-state index in [1.54, 1.807) is 13.2 Å². The molecule has 1 unspecified atom stereocenters. The Morgan fingerprint density at radius 3 is 2.24 bits per heavy atom. The first-order valence-electron chi connectivity index (χ1n) is 17.7. The number of carbonyl (C=O) groups is 2. The summed E-state index contributed by atoms with van der Waals surface area (Å²) in [7, 11) is -2.33. The Balaban J connectivity index is 1.10. The molecule has 7 rings (SSSR count). The van der Waals surface area contributed by atoms with Gasteiger partial charge in [-0.3, -0.25) is 9.80 Å². The number of methoxy groups -OCH3 is 1. The van der Waals surface area contributed by atoms with Crippen LogP contribution in [0.2, 0.25) is 0 Å². The van der Waals surface area contributed by atoms with Gasteiger partial charge in [0.2, 0.25) is 10.0 Å². The molecule has 0 bridgehead atoms. The van der Waals surface area contributed by atoms with Gasteiger partial charge in [-0.15, -0.1) is 0 Å². The summed E-state index contributed by atoms with van der Waals surface area (Å²) in [6, 6.07) is 21.1. The van der Waals surface area contributed by atoms with Crippen molar-refractivity contribution in [3.05, 3.63) is 83.6 Å². The highest BCUT2D eigenvalue weighted by molar-refractivity contribution is 7.90. The number of amides is 2. The third-order valence-electron chi connectivity index (χ3n) is 10.6. The zero-order chi connectivity index (χ0) is 34.7. The molecular weight excluding hydrogens is 657 g/mol. The molecule has 2 aromatic carbocycles. The van der Waals surface area contributed by atoms with E-state index >= 15 is 0 Å². The number of fused-ring (bicyclic) bond motifs is 1. The van der Waals surface area contributed by atoms with Gasteiger partial charge in [0, 0.05) is 51.1 Å². The van der Waals surface area contributed by atoms with Crippen LogP contribution in [0, 0.1) is 11.8 Å². The smallest absolute Gasteiger partial charge is 0.410 e. The predicted octanol–water partition coefficient (Wildman–Crippen LogP) is 5.30. The Bertz CT molecular complexity index is 1760. The molecule has 12 nitrogen and oxygen atoms in total. The van der Waals surface area contributed by atoms with Crippen LogP contribution in [0.3, 0.4) is 0 Å². The van der Waals surface area contributed by atoms with Crippen LogP contribution in [0.15, 0.2) is 66.7 Å². The average molecular weight is 703 g/mol. The normalized spacial score (nSPS) is 20.3. The van der Waals surface area contributed by atoms with Gasteiger partial charge in [0.05, 0.1) is 17.0 Å². The van der Waals surface area contributed by atoms with Crippen LogP contribution in [-0.2, 0) is 26.1 Å². The molecule has 4 aliphatic rings. The molecule has 2 saturated heterocycles. The van der Waals surface area contributed by atoms with Gasteiger partial charge in [0.25, 0.3) is 5.91 Å². The summed E-state index contributed by atoms with van der Waals surface area (Å²) in [5.74, 6) is 0.788. The van der Waals surface area contributed by atoms with Gasteiger partial charge in [0.15, 0.2) is 5.82 Å². The van der Waals surface area contributed by atoms with Crippen molar-refractivity contribution in [1.82, 2.24) is 20.0 Å². The van der Waals surface area contributed by atoms with Gasteiger partial charge in [-0.25, -0.2) is 28.3 Å². The second kappa shape index (κ2) is 15.0. The Kier molecular flexibility index (Phi) is 10.2. The zero-order valence-electron chi connectivity index (χ0n) is 28.5. The monoisotopic (exact) mass is 702 g/mol. The number of likely N-dealkylation sites (tertiary alicyclic amines) is 1. The van der Waals surface area contributed by atoms with Crippen LogP contribution in [0.5, 0.6) is 0 Å². The Morgan fingerprint density at radius 2 is 1.60 bits per heavy atom. The maximum Gasteiger partial charge on any atom is 0.410 e. The molecule has 3 aliphatic heterocycles. The van der Waals surface area contributed by atoms with E-state index in [0.717, 1.165) is 67.9 Å². The van der Waals surface area contributed by atoms with Crippen LogP contribution < -0.4 is 20.1 Å². The molecule has 266 valence electrons. The van der Waals surface area contributed by atoms with Crippen LogP contribution >= 0.6 is 0 Å². The Labute approximate surface area is 294 Å². The lowest BCUT2D eigenvalue weighted by Crippen LogP contribution is -2.47. The second-order valence-corrected chi connectivity index (χ2v) is 15.8. The molecule has 1 saturated carbocycles. The first-order chi connectivity index (χ1) is 24.3. The first kappa shape index (κ1) is 34.3. The van der Waals surface area contributed by atoms with Crippen molar-refractivity contribution in [3.8, 4) is 0 Å². The summed E-state index contributed by atoms with van der Waals surface area (Å²) >= 11 is 0. The molecule has 50 heavy (non-hydrogen) atoms. The van der Waals surface area contributed by atoms with Gasteiger partial charge < -0.3 is 19.3 Å². The molecule has 0 spiro atoms. The maximum atomic E-state index is 13.9. The van der Waals surface area contributed by atoms with E-state index in [-0.39, 0.29) is 44.3 Å². The summed E-state index contributed by atoms with van der Waals surface area (Å²) in [6.07, 6.45) is 5.23. The van der Waals surface area contributed by atoms with E-state index in [4.69, 9.17) is 14.5 Å². The summed E-state index contributed by atoms with van der Waals surface area (Å²) in [4.78, 5) is 35.3. The van der Waals surface area contributed by atoms with Crippen LogP contribution in [0.1, 0.15) is 72.6 Å². The van der Waals surface area contributed by atoms with E-state index in [9.17, 15) is 18.0 Å². The van der Waals surface area contributed by atoms with Crippen molar-refractivity contribution < 1.29 is 27.5 Å². The Hall–Kier alpha value is -4.20. The van der Waals surface area contributed by atoms with Gasteiger partial charge in [0.1, 0.15) is 12.3 Å². The van der Waals surface area contributed by atoms with Crippen molar-refractivity contribution in [2.24, 2.45) is 11.8 Å². The van der Waals surface area contributed by atoms with Gasteiger partial charge in [-0.2, -0.15) is 0 Å². The second-order valence-electron chi connectivity index (χ2n) is 13.8. The molecule has 1 aliphatic carbocycles. The standard InChI is InChI=1S/C37H46N6O6S/c1-48-24-27-15-19-41(20-16-27)32-23-31(38-35-33(32)34(28-11-8-12-28)39-43(35)29-13-6-3-7-14-29)36(44)40-50(46,47)30-17-21-42(22-18-30)37(45)49-25-26-9-4-2-5-10-26/h2-7,9-10,13-14,23,27-28,30,34,39H,8,11-12,15-22,24-25H2,1H3,(H,40,44). The van der Waals surface area contributed by atoms with Crippen molar-refractivity contribution >= 4 is 39.2 Å². The van der Waals surface area contributed by atoms with Crippen molar-refractivity contribution in [2.75, 3.05) is 49.8 Å². The predicted molar refractivity (Wildman–Crippen MR) is 190 cm³/mol. The molecule has 4 heterocycles. The van der Waals surface area contributed by atoms with E-state index < -0.39 is 27.3 Å². The fraction of sp³-hybridized carbons (Fsp3) is 0.486. The quantitative estimate of drug-likeness (QED) is 0.287. The van der Waals surface area contributed by atoms with Gasteiger partial charge in [-0.1, -0.05) is 55.0 Å². The highest BCUT2D eigenvalue weighted by atomic mass is 32.2. The maximum absolute atomic E-state index is 13.9. The lowest BCUT2D eigenvalue weighted by atomic mass is 9.77. The number of rotatable bonds is 10. The van der Waals surface area contributed by atoms with Crippen molar-refractivity contribution in [1.29, 1.82) is 0 Å². The fourth-order valence-electron chi connectivity index (χ4n) is 7.53. The number of hydrogen-bond acceptors (Lipinski definition) is 10. The fourth-order valence-corrected chi connectivity index (χ4v) is 8.89. The highest BCUT2D eigenvalue weighted by Crippen LogP contribution is 2.50. The number of sulfonamides is 1. The number of aromatic nitrogens is 1. The number of benzene rings is 2. The lowest BCUT2D eigenvalue weighted by molar-refractivity contribution is 0.0892. The molecule has 0 radical (unpaired) electrons. The number of pyridine rings is 1. The number of carbonyl (C=O) groups excluding carboxylic acids is 2. The number of nitrogens with zero attached hydrogens (tertiary/aromatic N) is 4. The van der Waals surface area contributed by atoms with E-state index in [0.29, 0.717) is 17.7 Å².